The van der Waals surface area contributed by atoms with E-state index in [0.717, 1.165) is 12.8 Å². The number of carbonyl (C=O) groups is 1. The fourth-order valence-corrected chi connectivity index (χ4v) is 2.15. The van der Waals surface area contributed by atoms with Gasteiger partial charge in [-0.05, 0) is 33.6 Å². The predicted octanol–water partition coefficient (Wildman–Crippen LogP) is 0.983. The summed E-state index contributed by atoms with van der Waals surface area (Å²) in [4.78, 5) is 13.3. The molecule has 0 radical (unpaired) electrons. The van der Waals surface area contributed by atoms with Crippen molar-refractivity contribution >= 4 is 6.09 Å². The number of carbonyl (C=O) groups excluding carboxylic acids is 1. The minimum atomic E-state index is -0.486. The molecule has 1 atom stereocenters. The van der Waals surface area contributed by atoms with Crippen LogP contribution >= 0.6 is 0 Å². The first-order valence-electron chi connectivity index (χ1n) is 7.47. The molecule has 0 aromatic heterocycles. The third-order valence-corrected chi connectivity index (χ3v) is 3.29. The van der Waals surface area contributed by atoms with E-state index in [2.05, 4.69) is 5.32 Å². The van der Waals surface area contributed by atoms with Crippen LogP contribution in [0.1, 0.15) is 33.6 Å². The summed E-state index contributed by atoms with van der Waals surface area (Å²) < 4.78 is 10.3. The van der Waals surface area contributed by atoms with E-state index >= 15 is 0 Å². The SMILES string of the molecule is CCOC(=O)N1CCC(NCC(O)COC(C)C)CC1. The van der Waals surface area contributed by atoms with Crippen molar-refractivity contribution in [3.05, 3.63) is 0 Å². The van der Waals surface area contributed by atoms with Crippen molar-refractivity contribution in [1.29, 1.82) is 0 Å². The van der Waals surface area contributed by atoms with E-state index in [4.69, 9.17) is 9.47 Å². The van der Waals surface area contributed by atoms with Crippen molar-refractivity contribution in [3.63, 3.8) is 0 Å². The molecule has 1 saturated heterocycles. The quantitative estimate of drug-likeness (QED) is 0.731. The first-order valence-corrected chi connectivity index (χ1v) is 7.47. The Morgan fingerprint density at radius 1 is 1.40 bits per heavy atom. The van der Waals surface area contributed by atoms with E-state index in [0.29, 0.717) is 38.9 Å². The Balaban J connectivity index is 2.14. The lowest BCUT2D eigenvalue weighted by atomic mass is 10.1. The van der Waals surface area contributed by atoms with E-state index in [1.165, 1.54) is 0 Å². The Morgan fingerprint density at radius 3 is 2.60 bits per heavy atom. The van der Waals surface area contributed by atoms with Crippen LogP contribution in [0.4, 0.5) is 4.79 Å². The molecule has 1 amide bonds. The van der Waals surface area contributed by atoms with Crippen molar-refractivity contribution in [2.75, 3.05) is 32.8 Å². The molecule has 0 spiro atoms. The molecule has 1 aliphatic rings. The van der Waals surface area contributed by atoms with Crippen LogP contribution in [-0.4, -0.2) is 67.2 Å². The zero-order chi connectivity index (χ0) is 15.0. The van der Waals surface area contributed by atoms with Gasteiger partial charge in [0.25, 0.3) is 0 Å². The standard InChI is InChI=1S/C14H28N2O4/c1-4-19-14(18)16-7-5-12(6-8-16)15-9-13(17)10-20-11(2)3/h11-13,15,17H,4-10H2,1-3H3. The van der Waals surface area contributed by atoms with Gasteiger partial charge >= 0.3 is 6.09 Å². The molecular weight excluding hydrogens is 260 g/mol. The van der Waals surface area contributed by atoms with Crippen LogP contribution < -0.4 is 5.32 Å². The monoisotopic (exact) mass is 288 g/mol. The second-order valence-electron chi connectivity index (χ2n) is 5.40. The van der Waals surface area contributed by atoms with Crippen LogP contribution in [0.3, 0.4) is 0 Å². The van der Waals surface area contributed by atoms with Crippen LogP contribution in [0.15, 0.2) is 0 Å². The number of hydrogen-bond acceptors (Lipinski definition) is 5. The van der Waals surface area contributed by atoms with Gasteiger partial charge in [0, 0.05) is 25.7 Å². The Kier molecular flexibility index (Phi) is 7.87. The zero-order valence-electron chi connectivity index (χ0n) is 12.8. The molecular formula is C14H28N2O4. The highest BCUT2D eigenvalue weighted by atomic mass is 16.6. The first-order chi connectivity index (χ1) is 9.52. The molecule has 1 fully saturated rings. The molecule has 2 N–H and O–H groups in total. The smallest absolute Gasteiger partial charge is 0.409 e. The second-order valence-corrected chi connectivity index (χ2v) is 5.40. The van der Waals surface area contributed by atoms with E-state index in [1.54, 1.807) is 4.90 Å². The molecule has 0 aromatic carbocycles. The zero-order valence-corrected chi connectivity index (χ0v) is 12.8. The minimum Gasteiger partial charge on any atom is -0.450 e. The number of nitrogens with one attached hydrogen (secondary N) is 1. The maximum Gasteiger partial charge on any atom is 0.409 e. The van der Waals surface area contributed by atoms with Gasteiger partial charge in [0.1, 0.15) is 0 Å². The van der Waals surface area contributed by atoms with E-state index in [1.807, 2.05) is 20.8 Å². The summed E-state index contributed by atoms with van der Waals surface area (Å²) in [5.74, 6) is 0. The molecule has 6 nitrogen and oxygen atoms in total. The summed E-state index contributed by atoms with van der Waals surface area (Å²) in [6.07, 6.45) is 1.20. The topological polar surface area (TPSA) is 71.0 Å². The van der Waals surface area contributed by atoms with Crippen molar-refractivity contribution in [3.8, 4) is 0 Å². The van der Waals surface area contributed by atoms with Gasteiger partial charge in [-0.1, -0.05) is 0 Å². The average Bonchev–Trinajstić information content (AvgIpc) is 2.43. The third kappa shape index (κ3) is 6.54. The largest absolute Gasteiger partial charge is 0.450 e. The van der Waals surface area contributed by atoms with Gasteiger partial charge < -0.3 is 24.8 Å². The number of amides is 1. The Hall–Kier alpha value is -0.850. The van der Waals surface area contributed by atoms with Crippen LogP contribution in [0, 0.1) is 0 Å². The number of hydrogen-bond donors (Lipinski definition) is 2. The van der Waals surface area contributed by atoms with Gasteiger partial charge in [0.2, 0.25) is 0 Å². The lowest BCUT2D eigenvalue weighted by molar-refractivity contribution is 0.00459. The molecule has 0 saturated carbocycles. The first kappa shape index (κ1) is 17.2. The minimum absolute atomic E-state index is 0.137. The molecule has 6 heteroatoms. The van der Waals surface area contributed by atoms with Gasteiger partial charge in [0.15, 0.2) is 0 Å². The molecule has 1 unspecified atom stereocenters. The summed E-state index contributed by atoms with van der Waals surface area (Å²) in [6, 6.07) is 0.342. The second kappa shape index (κ2) is 9.15. The van der Waals surface area contributed by atoms with Gasteiger partial charge in [-0.15, -0.1) is 0 Å². The Morgan fingerprint density at radius 2 is 2.05 bits per heavy atom. The highest BCUT2D eigenvalue weighted by Gasteiger charge is 2.23. The highest BCUT2D eigenvalue weighted by molar-refractivity contribution is 5.67. The summed E-state index contributed by atoms with van der Waals surface area (Å²) in [5.41, 5.74) is 0. The van der Waals surface area contributed by atoms with Gasteiger partial charge in [-0.2, -0.15) is 0 Å². The molecule has 1 aliphatic heterocycles. The molecule has 20 heavy (non-hydrogen) atoms. The molecule has 1 rings (SSSR count). The fraction of sp³-hybridized carbons (Fsp3) is 0.929. The van der Waals surface area contributed by atoms with Crippen molar-refractivity contribution < 1.29 is 19.4 Å². The van der Waals surface area contributed by atoms with Crippen LogP contribution in [-0.2, 0) is 9.47 Å². The molecule has 0 aliphatic carbocycles. The number of likely N-dealkylation sites (tertiary alicyclic amines) is 1. The lowest BCUT2D eigenvalue weighted by Crippen LogP contribution is -2.47. The van der Waals surface area contributed by atoms with Gasteiger partial charge in [-0.3, -0.25) is 0 Å². The van der Waals surface area contributed by atoms with Crippen LogP contribution in [0.5, 0.6) is 0 Å². The van der Waals surface area contributed by atoms with E-state index in [9.17, 15) is 9.90 Å². The third-order valence-electron chi connectivity index (χ3n) is 3.29. The number of rotatable bonds is 7. The van der Waals surface area contributed by atoms with Gasteiger partial charge in [0.05, 0.1) is 25.4 Å². The highest BCUT2D eigenvalue weighted by Crippen LogP contribution is 2.11. The predicted molar refractivity (Wildman–Crippen MR) is 76.7 cm³/mol. The number of aliphatic hydroxyl groups is 1. The summed E-state index contributed by atoms with van der Waals surface area (Å²) in [5, 5.41) is 13.1. The number of nitrogens with zero attached hydrogens (tertiary/aromatic N) is 1. The molecule has 118 valence electrons. The Bertz CT molecular complexity index is 278. The molecule has 0 aromatic rings. The summed E-state index contributed by atoms with van der Waals surface area (Å²) in [6.45, 7) is 8.41. The number of piperidine rings is 1. The number of ether oxygens (including phenoxy) is 2. The maximum absolute atomic E-state index is 11.5. The average molecular weight is 288 g/mol. The van der Waals surface area contributed by atoms with Gasteiger partial charge in [-0.25, -0.2) is 4.79 Å². The summed E-state index contributed by atoms with van der Waals surface area (Å²) in [7, 11) is 0. The maximum atomic E-state index is 11.5. The van der Waals surface area contributed by atoms with E-state index < -0.39 is 6.10 Å². The lowest BCUT2D eigenvalue weighted by Gasteiger charge is -2.32. The number of aliphatic hydroxyl groups excluding tert-OH is 1. The summed E-state index contributed by atoms with van der Waals surface area (Å²) >= 11 is 0. The van der Waals surface area contributed by atoms with Crippen molar-refractivity contribution in [1.82, 2.24) is 10.2 Å². The normalized spacial score (nSPS) is 18.4. The fourth-order valence-electron chi connectivity index (χ4n) is 2.15. The van der Waals surface area contributed by atoms with Crippen LogP contribution in [0.25, 0.3) is 0 Å². The molecule has 0 bridgehead atoms. The molecule has 1 heterocycles. The van der Waals surface area contributed by atoms with Crippen molar-refractivity contribution in [2.45, 2.75) is 51.9 Å². The Labute approximate surface area is 121 Å². The van der Waals surface area contributed by atoms with E-state index in [-0.39, 0.29) is 12.2 Å². The van der Waals surface area contributed by atoms with Crippen LogP contribution in [0.2, 0.25) is 0 Å². The van der Waals surface area contributed by atoms with Crippen molar-refractivity contribution in [2.24, 2.45) is 0 Å².